The standard InChI is InChI=1S/C8H8N6O2/c9-7-4-10-6(3-11-7)5-13-2-1-8(12-13)14(15)16/h1-4H,5H2,(H2,9,11). The number of nitrogen functional groups attached to an aromatic ring is 1. The van der Waals surface area contributed by atoms with Crippen molar-refractivity contribution in [2.75, 3.05) is 5.73 Å². The lowest BCUT2D eigenvalue weighted by molar-refractivity contribution is -0.389. The lowest BCUT2D eigenvalue weighted by Gasteiger charge is -1.97. The summed E-state index contributed by atoms with van der Waals surface area (Å²) in [6.07, 6.45) is 4.44. The first-order chi connectivity index (χ1) is 7.65. The van der Waals surface area contributed by atoms with Gasteiger partial charge in [0.05, 0.1) is 35.4 Å². The molecule has 0 bridgehead atoms. The van der Waals surface area contributed by atoms with Crippen LogP contribution in [0.25, 0.3) is 0 Å². The molecule has 0 aromatic carbocycles. The van der Waals surface area contributed by atoms with E-state index in [1.54, 1.807) is 0 Å². The van der Waals surface area contributed by atoms with Crippen LogP contribution in [0.2, 0.25) is 0 Å². The van der Waals surface area contributed by atoms with Crippen molar-refractivity contribution in [2.24, 2.45) is 0 Å². The number of nitrogens with two attached hydrogens (primary N) is 1. The van der Waals surface area contributed by atoms with Gasteiger partial charge in [0, 0.05) is 0 Å². The van der Waals surface area contributed by atoms with Crippen molar-refractivity contribution in [2.45, 2.75) is 6.54 Å². The van der Waals surface area contributed by atoms with E-state index in [1.165, 1.54) is 29.3 Å². The molecule has 0 fully saturated rings. The molecule has 0 spiro atoms. The highest BCUT2D eigenvalue weighted by Gasteiger charge is 2.11. The summed E-state index contributed by atoms with van der Waals surface area (Å²) in [7, 11) is 0. The van der Waals surface area contributed by atoms with E-state index in [-0.39, 0.29) is 5.82 Å². The topological polar surface area (TPSA) is 113 Å². The lowest BCUT2D eigenvalue weighted by atomic mass is 10.4. The van der Waals surface area contributed by atoms with E-state index < -0.39 is 4.92 Å². The van der Waals surface area contributed by atoms with Gasteiger partial charge in [-0.3, -0.25) is 4.98 Å². The first-order valence-electron chi connectivity index (χ1n) is 4.39. The third kappa shape index (κ3) is 2.11. The summed E-state index contributed by atoms with van der Waals surface area (Å²) >= 11 is 0. The van der Waals surface area contributed by atoms with E-state index >= 15 is 0 Å². The molecule has 0 aliphatic heterocycles. The van der Waals surface area contributed by atoms with Gasteiger partial charge in [-0.15, -0.1) is 0 Å². The average Bonchev–Trinajstić information content (AvgIpc) is 2.70. The summed E-state index contributed by atoms with van der Waals surface area (Å²) in [5.41, 5.74) is 6.01. The highest BCUT2D eigenvalue weighted by Crippen LogP contribution is 2.06. The van der Waals surface area contributed by atoms with E-state index in [1.807, 2.05) is 0 Å². The second-order valence-electron chi connectivity index (χ2n) is 3.06. The monoisotopic (exact) mass is 220 g/mol. The number of nitrogens with zero attached hydrogens (tertiary/aromatic N) is 5. The zero-order chi connectivity index (χ0) is 11.5. The molecule has 0 aliphatic carbocycles. The number of nitro groups is 1. The first-order valence-corrected chi connectivity index (χ1v) is 4.39. The Morgan fingerprint density at radius 3 is 2.81 bits per heavy atom. The second kappa shape index (κ2) is 3.93. The molecule has 16 heavy (non-hydrogen) atoms. The van der Waals surface area contributed by atoms with Crippen molar-refractivity contribution >= 4 is 11.6 Å². The van der Waals surface area contributed by atoms with Crippen LogP contribution in [-0.2, 0) is 6.54 Å². The summed E-state index contributed by atoms with van der Waals surface area (Å²) < 4.78 is 1.42. The van der Waals surface area contributed by atoms with Gasteiger partial charge in [-0.05, 0) is 4.92 Å². The number of rotatable bonds is 3. The lowest BCUT2D eigenvalue weighted by Crippen LogP contribution is -2.04. The van der Waals surface area contributed by atoms with Gasteiger partial charge in [-0.25, -0.2) is 4.98 Å². The maximum atomic E-state index is 10.4. The van der Waals surface area contributed by atoms with E-state index in [0.29, 0.717) is 18.1 Å². The predicted molar refractivity (Wildman–Crippen MR) is 54.4 cm³/mol. The maximum absolute atomic E-state index is 10.4. The zero-order valence-electron chi connectivity index (χ0n) is 8.15. The van der Waals surface area contributed by atoms with Crippen LogP contribution in [0.1, 0.15) is 5.69 Å². The van der Waals surface area contributed by atoms with Crippen LogP contribution in [0.3, 0.4) is 0 Å². The fourth-order valence-corrected chi connectivity index (χ4v) is 1.15. The van der Waals surface area contributed by atoms with Gasteiger partial charge in [0.1, 0.15) is 12.4 Å². The number of hydrogen-bond donors (Lipinski definition) is 1. The van der Waals surface area contributed by atoms with Crippen molar-refractivity contribution in [3.8, 4) is 0 Å². The van der Waals surface area contributed by atoms with Gasteiger partial charge >= 0.3 is 5.82 Å². The molecule has 0 atom stereocenters. The smallest absolute Gasteiger partial charge is 0.382 e. The molecule has 0 saturated heterocycles. The minimum Gasteiger partial charge on any atom is -0.382 e. The summed E-state index contributed by atoms with van der Waals surface area (Å²) in [5, 5.41) is 14.1. The second-order valence-corrected chi connectivity index (χ2v) is 3.06. The van der Waals surface area contributed by atoms with Crippen LogP contribution < -0.4 is 5.73 Å². The van der Waals surface area contributed by atoms with Gasteiger partial charge in [0.2, 0.25) is 0 Å². The molecule has 2 heterocycles. The van der Waals surface area contributed by atoms with Crippen LogP contribution in [0.15, 0.2) is 24.7 Å². The quantitative estimate of drug-likeness (QED) is 0.584. The maximum Gasteiger partial charge on any atom is 0.389 e. The first kappa shape index (κ1) is 10.0. The fourth-order valence-electron chi connectivity index (χ4n) is 1.15. The molecule has 2 aromatic heterocycles. The van der Waals surface area contributed by atoms with Crippen molar-refractivity contribution in [3.05, 3.63) is 40.5 Å². The minimum absolute atomic E-state index is 0.191. The summed E-state index contributed by atoms with van der Waals surface area (Å²) in [4.78, 5) is 17.7. The molecule has 82 valence electrons. The molecule has 0 aliphatic rings. The van der Waals surface area contributed by atoms with Crippen molar-refractivity contribution < 1.29 is 4.92 Å². The molecule has 2 rings (SSSR count). The third-order valence-electron chi connectivity index (χ3n) is 1.86. The Hall–Kier alpha value is -2.51. The Morgan fingerprint density at radius 1 is 1.44 bits per heavy atom. The van der Waals surface area contributed by atoms with Crippen LogP contribution >= 0.6 is 0 Å². The van der Waals surface area contributed by atoms with E-state index in [2.05, 4.69) is 15.1 Å². The normalized spacial score (nSPS) is 10.2. The Bertz CT molecular complexity index is 506. The van der Waals surface area contributed by atoms with Crippen LogP contribution in [0.5, 0.6) is 0 Å². The number of hydrogen-bond acceptors (Lipinski definition) is 6. The van der Waals surface area contributed by atoms with Crippen molar-refractivity contribution in [1.29, 1.82) is 0 Å². The van der Waals surface area contributed by atoms with Gasteiger partial charge in [0.15, 0.2) is 0 Å². The average molecular weight is 220 g/mol. The molecule has 2 aromatic rings. The molecule has 0 amide bonds. The summed E-state index contributed by atoms with van der Waals surface area (Å²) in [6, 6.07) is 1.32. The Morgan fingerprint density at radius 2 is 2.25 bits per heavy atom. The summed E-state index contributed by atoms with van der Waals surface area (Å²) in [5.74, 6) is 0.138. The Labute approximate surface area is 89.9 Å². The highest BCUT2D eigenvalue weighted by atomic mass is 16.6. The van der Waals surface area contributed by atoms with Crippen LogP contribution in [0, 0.1) is 10.1 Å². The predicted octanol–water partition coefficient (Wildman–Crippen LogP) is 0.212. The van der Waals surface area contributed by atoms with Crippen molar-refractivity contribution in [1.82, 2.24) is 19.7 Å². The molecular formula is C8H8N6O2. The fraction of sp³-hybridized carbons (Fsp3) is 0.125. The Kier molecular flexibility index (Phi) is 2.46. The molecular weight excluding hydrogens is 212 g/mol. The SMILES string of the molecule is Nc1cnc(Cn2ccc([N+](=O)[O-])n2)cn1. The van der Waals surface area contributed by atoms with Crippen molar-refractivity contribution in [3.63, 3.8) is 0 Å². The summed E-state index contributed by atoms with van der Waals surface area (Å²) in [6.45, 7) is 0.321. The van der Waals surface area contributed by atoms with E-state index in [4.69, 9.17) is 5.73 Å². The zero-order valence-corrected chi connectivity index (χ0v) is 8.15. The largest absolute Gasteiger partial charge is 0.389 e. The Balaban J connectivity index is 2.14. The molecule has 2 N–H and O–H groups in total. The minimum atomic E-state index is -0.550. The molecule has 8 nitrogen and oxygen atoms in total. The van der Waals surface area contributed by atoms with Gasteiger partial charge in [-0.1, -0.05) is 0 Å². The van der Waals surface area contributed by atoms with Gasteiger partial charge < -0.3 is 15.8 Å². The molecule has 8 heteroatoms. The highest BCUT2D eigenvalue weighted by molar-refractivity contribution is 5.23. The van der Waals surface area contributed by atoms with Crippen LogP contribution in [0.4, 0.5) is 11.6 Å². The third-order valence-corrected chi connectivity index (χ3v) is 1.86. The van der Waals surface area contributed by atoms with Crippen LogP contribution in [-0.4, -0.2) is 24.7 Å². The van der Waals surface area contributed by atoms with E-state index in [9.17, 15) is 10.1 Å². The number of aromatic nitrogens is 4. The van der Waals surface area contributed by atoms with Gasteiger partial charge in [0.25, 0.3) is 0 Å². The van der Waals surface area contributed by atoms with E-state index in [0.717, 1.165) is 0 Å². The number of anilines is 1. The molecule has 0 saturated carbocycles. The molecule has 0 unspecified atom stereocenters. The molecule has 0 radical (unpaired) electrons. The van der Waals surface area contributed by atoms with Gasteiger partial charge in [-0.2, -0.15) is 4.68 Å².